The van der Waals surface area contributed by atoms with Gasteiger partial charge in [-0.2, -0.15) is 0 Å². The maximum Gasteiger partial charge on any atom is 0.222 e. The van der Waals surface area contributed by atoms with Crippen LogP contribution in [0.3, 0.4) is 0 Å². The smallest absolute Gasteiger partial charge is 0.222 e. The van der Waals surface area contributed by atoms with E-state index in [1.54, 1.807) is 0 Å². The summed E-state index contributed by atoms with van der Waals surface area (Å²) in [5.74, 6) is 1.43. The summed E-state index contributed by atoms with van der Waals surface area (Å²) in [6.45, 7) is 6.06. The second kappa shape index (κ2) is 6.03. The second-order valence-corrected chi connectivity index (χ2v) is 5.66. The molecule has 1 aliphatic rings. The fourth-order valence-electron chi connectivity index (χ4n) is 2.67. The zero-order valence-corrected chi connectivity index (χ0v) is 11.4. The van der Waals surface area contributed by atoms with E-state index in [2.05, 4.69) is 44.2 Å². The summed E-state index contributed by atoms with van der Waals surface area (Å²) in [6, 6.07) is 10.7. The Bertz CT molecular complexity index is 377. The zero-order valence-electron chi connectivity index (χ0n) is 11.4. The van der Waals surface area contributed by atoms with Gasteiger partial charge in [-0.05, 0) is 30.2 Å². The number of piperidine rings is 1. The van der Waals surface area contributed by atoms with Gasteiger partial charge in [-0.3, -0.25) is 4.79 Å². The van der Waals surface area contributed by atoms with Gasteiger partial charge in [0.15, 0.2) is 0 Å². The highest BCUT2D eigenvalue weighted by molar-refractivity contribution is 5.76. The van der Waals surface area contributed by atoms with Crippen molar-refractivity contribution in [1.29, 1.82) is 0 Å². The average molecular weight is 245 g/mol. The van der Waals surface area contributed by atoms with Crippen LogP contribution in [0.5, 0.6) is 0 Å². The molecule has 1 aliphatic heterocycles. The zero-order chi connectivity index (χ0) is 13.0. The van der Waals surface area contributed by atoms with Crippen molar-refractivity contribution in [2.24, 2.45) is 5.92 Å². The Balaban J connectivity index is 1.87. The van der Waals surface area contributed by atoms with Crippen LogP contribution in [0.15, 0.2) is 30.3 Å². The molecule has 98 valence electrons. The Morgan fingerprint density at radius 1 is 1.22 bits per heavy atom. The molecule has 0 unspecified atom stereocenters. The minimum atomic E-state index is 0.330. The van der Waals surface area contributed by atoms with E-state index < -0.39 is 0 Å². The van der Waals surface area contributed by atoms with Crippen molar-refractivity contribution in [3.8, 4) is 0 Å². The van der Waals surface area contributed by atoms with Gasteiger partial charge in [0, 0.05) is 19.5 Å². The Labute approximate surface area is 110 Å². The van der Waals surface area contributed by atoms with Crippen LogP contribution in [0.2, 0.25) is 0 Å². The highest BCUT2D eigenvalue weighted by atomic mass is 16.2. The van der Waals surface area contributed by atoms with Crippen molar-refractivity contribution in [2.45, 2.75) is 39.0 Å². The molecule has 1 amide bonds. The predicted octanol–water partition coefficient (Wildman–Crippen LogP) is 3.44. The number of rotatable bonds is 3. The topological polar surface area (TPSA) is 20.3 Å². The van der Waals surface area contributed by atoms with Crippen molar-refractivity contribution in [3.05, 3.63) is 35.9 Å². The highest BCUT2D eigenvalue weighted by Gasteiger charge is 2.23. The highest BCUT2D eigenvalue weighted by Crippen LogP contribution is 2.28. The maximum atomic E-state index is 12.0. The molecule has 1 heterocycles. The quantitative estimate of drug-likeness (QED) is 0.799. The third-order valence-electron chi connectivity index (χ3n) is 3.70. The summed E-state index contributed by atoms with van der Waals surface area (Å²) in [5, 5.41) is 0. The van der Waals surface area contributed by atoms with E-state index in [1.807, 2.05) is 4.90 Å². The Morgan fingerprint density at radius 2 is 1.83 bits per heavy atom. The minimum Gasteiger partial charge on any atom is -0.343 e. The van der Waals surface area contributed by atoms with E-state index >= 15 is 0 Å². The van der Waals surface area contributed by atoms with Crippen LogP contribution in [-0.4, -0.2) is 23.9 Å². The van der Waals surface area contributed by atoms with Crippen LogP contribution in [0, 0.1) is 5.92 Å². The molecular weight excluding hydrogens is 222 g/mol. The Morgan fingerprint density at radius 3 is 2.39 bits per heavy atom. The first kappa shape index (κ1) is 13.1. The molecule has 1 fully saturated rings. The molecule has 0 aliphatic carbocycles. The molecule has 0 N–H and O–H groups in total. The minimum absolute atomic E-state index is 0.330. The van der Waals surface area contributed by atoms with E-state index in [9.17, 15) is 4.79 Å². The lowest BCUT2D eigenvalue weighted by atomic mass is 9.89. The fourth-order valence-corrected chi connectivity index (χ4v) is 2.67. The number of hydrogen-bond acceptors (Lipinski definition) is 1. The van der Waals surface area contributed by atoms with Gasteiger partial charge in [0.05, 0.1) is 0 Å². The molecule has 1 saturated heterocycles. The standard InChI is InChI=1S/C16H23NO/c1-13(2)12-16(18)17-10-8-15(9-11-17)14-6-4-3-5-7-14/h3-7,13,15H,8-12H2,1-2H3. The molecular formula is C16H23NO. The third-order valence-corrected chi connectivity index (χ3v) is 3.70. The molecule has 2 rings (SSSR count). The van der Waals surface area contributed by atoms with E-state index in [0.717, 1.165) is 25.9 Å². The number of likely N-dealkylation sites (tertiary alicyclic amines) is 1. The van der Waals surface area contributed by atoms with E-state index in [4.69, 9.17) is 0 Å². The van der Waals surface area contributed by atoms with Crippen LogP contribution >= 0.6 is 0 Å². The van der Waals surface area contributed by atoms with Crippen molar-refractivity contribution < 1.29 is 4.79 Å². The van der Waals surface area contributed by atoms with Gasteiger partial charge in [0.1, 0.15) is 0 Å². The molecule has 1 aromatic carbocycles. The number of amides is 1. The van der Waals surface area contributed by atoms with Crippen LogP contribution in [0.25, 0.3) is 0 Å². The van der Waals surface area contributed by atoms with Crippen molar-refractivity contribution in [2.75, 3.05) is 13.1 Å². The lowest BCUT2D eigenvalue weighted by Crippen LogP contribution is -2.38. The number of hydrogen-bond donors (Lipinski definition) is 0. The predicted molar refractivity (Wildman–Crippen MR) is 74.5 cm³/mol. The lowest BCUT2D eigenvalue weighted by molar-refractivity contribution is -0.133. The van der Waals surface area contributed by atoms with Crippen molar-refractivity contribution in [3.63, 3.8) is 0 Å². The van der Waals surface area contributed by atoms with E-state index in [-0.39, 0.29) is 0 Å². The molecule has 0 spiro atoms. The van der Waals surface area contributed by atoms with Crippen molar-refractivity contribution >= 4 is 5.91 Å². The van der Waals surface area contributed by atoms with Gasteiger partial charge in [-0.25, -0.2) is 0 Å². The molecule has 2 nitrogen and oxygen atoms in total. The first-order valence-corrected chi connectivity index (χ1v) is 6.99. The Hall–Kier alpha value is -1.31. The van der Waals surface area contributed by atoms with Gasteiger partial charge in [-0.15, -0.1) is 0 Å². The summed E-state index contributed by atoms with van der Waals surface area (Å²) in [6.07, 6.45) is 2.90. The SMILES string of the molecule is CC(C)CC(=O)N1CCC(c2ccccc2)CC1. The van der Waals surface area contributed by atoms with Gasteiger partial charge >= 0.3 is 0 Å². The summed E-state index contributed by atoms with van der Waals surface area (Å²) in [5.41, 5.74) is 1.42. The van der Waals surface area contributed by atoms with E-state index in [1.165, 1.54) is 5.56 Å². The number of carbonyl (C=O) groups is 1. The van der Waals surface area contributed by atoms with Gasteiger partial charge < -0.3 is 4.90 Å². The molecule has 2 heteroatoms. The number of nitrogens with zero attached hydrogens (tertiary/aromatic N) is 1. The average Bonchev–Trinajstić information content (AvgIpc) is 2.39. The lowest BCUT2D eigenvalue weighted by Gasteiger charge is -2.32. The fraction of sp³-hybridized carbons (Fsp3) is 0.562. The number of benzene rings is 1. The number of carbonyl (C=O) groups excluding carboxylic acids is 1. The van der Waals surface area contributed by atoms with Crippen LogP contribution in [-0.2, 0) is 4.79 Å². The largest absolute Gasteiger partial charge is 0.343 e. The van der Waals surface area contributed by atoms with Gasteiger partial charge in [0.25, 0.3) is 0 Å². The summed E-state index contributed by atoms with van der Waals surface area (Å²) < 4.78 is 0. The van der Waals surface area contributed by atoms with Gasteiger partial charge in [0.2, 0.25) is 5.91 Å². The molecule has 0 bridgehead atoms. The van der Waals surface area contributed by atoms with E-state index in [0.29, 0.717) is 24.2 Å². The third kappa shape index (κ3) is 3.34. The van der Waals surface area contributed by atoms with Crippen LogP contribution in [0.1, 0.15) is 44.6 Å². The van der Waals surface area contributed by atoms with Crippen molar-refractivity contribution in [1.82, 2.24) is 4.90 Å². The first-order chi connectivity index (χ1) is 8.66. The molecule has 0 aromatic heterocycles. The second-order valence-electron chi connectivity index (χ2n) is 5.66. The molecule has 0 saturated carbocycles. The van der Waals surface area contributed by atoms with Crippen LogP contribution in [0.4, 0.5) is 0 Å². The van der Waals surface area contributed by atoms with Crippen LogP contribution < -0.4 is 0 Å². The normalized spacial score (nSPS) is 17.2. The Kier molecular flexibility index (Phi) is 4.40. The first-order valence-electron chi connectivity index (χ1n) is 6.99. The molecule has 1 aromatic rings. The molecule has 0 radical (unpaired) electrons. The summed E-state index contributed by atoms with van der Waals surface area (Å²) >= 11 is 0. The summed E-state index contributed by atoms with van der Waals surface area (Å²) in [7, 11) is 0. The maximum absolute atomic E-state index is 12.0. The monoisotopic (exact) mass is 245 g/mol. The summed E-state index contributed by atoms with van der Waals surface area (Å²) in [4.78, 5) is 14.0. The molecule has 18 heavy (non-hydrogen) atoms. The molecule has 0 atom stereocenters. The van der Waals surface area contributed by atoms with Gasteiger partial charge in [-0.1, -0.05) is 44.2 Å².